The first-order valence-corrected chi connectivity index (χ1v) is 11.0. The Morgan fingerprint density at radius 1 is 1.29 bits per heavy atom. The molecule has 1 aliphatic carbocycles. The number of benzene rings is 1. The lowest BCUT2D eigenvalue weighted by molar-refractivity contribution is 0.0880. The summed E-state index contributed by atoms with van der Waals surface area (Å²) in [4.78, 5) is 16.9. The number of aryl methyl sites for hydroxylation is 1. The van der Waals surface area contributed by atoms with Crippen molar-refractivity contribution in [1.82, 2.24) is 19.9 Å². The van der Waals surface area contributed by atoms with E-state index in [4.69, 9.17) is 9.47 Å². The van der Waals surface area contributed by atoms with E-state index >= 15 is 0 Å². The van der Waals surface area contributed by atoms with Crippen molar-refractivity contribution in [2.75, 3.05) is 19.8 Å². The minimum atomic E-state index is -0.246. The normalized spacial score (nSPS) is 21.2. The summed E-state index contributed by atoms with van der Waals surface area (Å²) >= 11 is 0. The summed E-state index contributed by atoms with van der Waals surface area (Å²) in [6.07, 6.45) is 5.07. The van der Waals surface area contributed by atoms with E-state index in [-0.39, 0.29) is 17.1 Å². The van der Waals surface area contributed by atoms with Crippen molar-refractivity contribution in [2.45, 2.75) is 46.1 Å². The van der Waals surface area contributed by atoms with Crippen LogP contribution in [0.4, 0.5) is 0 Å². The highest BCUT2D eigenvalue weighted by Crippen LogP contribution is 2.49. The molecule has 3 aromatic rings. The van der Waals surface area contributed by atoms with E-state index < -0.39 is 0 Å². The molecule has 7 nitrogen and oxygen atoms in total. The number of rotatable bonds is 7. The number of aromatic nitrogens is 3. The number of carbonyl (C=O) groups excluding carboxylic acids is 1. The quantitative estimate of drug-likeness (QED) is 0.630. The van der Waals surface area contributed by atoms with Crippen molar-refractivity contribution in [3.05, 3.63) is 59.5 Å². The van der Waals surface area contributed by atoms with Crippen molar-refractivity contribution >= 4 is 11.6 Å². The number of nitrogens with zero attached hydrogens (tertiary/aromatic N) is 3. The van der Waals surface area contributed by atoms with E-state index in [1.54, 1.807) is 10.7 Å². The van der Waals surface area contributed by atoms with Crippen LogP contribution in [0, 0.1) is 12.3 Å². The summed E-state index contributed by atoms with van der Waals surface area (Å²) < 4.78 is 13.1. The lowest BCUT2D eigenvalue weighted by Gasteiger charge is -2.35. The second-order valence-electron chi connectivity index (χ2n) is 8.17. The van der Waals surface area contributed by atoms with Gasteiger partial charge in [-0.05, 0) is 37.0 Å². The van der Waals surface area contributed by atoms with Crippen LogP contribution in [-0.2, 0) is 11.2 Å². The first-order chi connectivity index (χ1) is 15.1. The molecule has 1 saturated carbocycles. The van der Waals surface area contributed by atoms with Gasteiger partial charge in [-0.15, -0.1) is 5.10 Å². The van der Waals surface area contributed by atoms with Gasteiger partial charge >= 0.3 is 0 Å². The molecule has 7 heteroatoms. The van der Waals surface area contributed by atoms with Gasteiger partial charge < -0.3 is 14.8 Å². The van der Waals surface area contributed by atoms with E-state index in [0.29, 0.717) is 30.7 Å². The number of nitrogens with one attached hydrogen (secondary N) is 1. The van der Waals surface area contributed by atoms with E-state index in [1.807, 2.05) is 45.0 Å². The minimum absolute atomic E-state index is 0.120. The fourth-order valence-corrected chi connectivity index (χ4v) is 4.20. The Balaban J connectivity index is 0.00000112. The summed E-state index contributed by atoms with van der Waals surface area (Å²) in [6.45, 7) is 7.87. The molecule has 164 valence electrons. The van der Waals surface area contributed by atoms with E-state index in [2.05, 4.69) is 27.5 Å². The van der Waals surface area contributed by atoms with Crippen LogP contribution < -0.4 is 10.1 Å². The molecule has 0 spiro atoms. The Kier molecular flexibility index (Phi) is 6.23. The summed E-state index contributed by atoms with van der Waals surface area (Å²) in [7, 11) is 0. The molecule has 0 radical (unpaired) electrons. The van der Waals surface area contributed by atoms with Gasteiger partial charge in [0.25, 0.3) is 5.91 Å². The molecular formula is C24H30N4O3. The van der Waals surface area contributed by atoms with Crippen molar-refractivity contribution in [3.8, 4) is 5.75 Å². The van der Waals surface area contributed by atoms with Crippen LogP contribution in [-0.4, -0.2) is 46.4 Å². The molecule has 6 rings (SSSR count). The molecule has 1 N–H and O–H groups in total. The molecule has 31 heavy (non-hydrogen) atoms. The lowest BCUT2D eigenvalue weighted by atomic mass is 9.70. The second-order valence-corrected chi connectivity index (χ2v) is 8.17. The predicted octanol–water partition coefficient (Wildman–Crippen LogP) is 3.59. The lowest BCUT2D eigenvalue weighted by Crippen LogP contribution is -2.44. The maximum absolute atomic E-state index is 12.5. The highest BCUT2D eigenvalue weighted by Gasteiger charge is 2.51. The Morgan fingerprint density at radius 3 is 2.77 bits per heavy atom. The zero-order valence-corrected chi connectivity index (χ0v) is 18.4. The standard InChI is InChI=1S/C22H24N4O3.C2H6/c1-15-9-17(28-8-7-16-5-3-2-4-6-16)12-26-20(15)24-19(25-26)21(27)23-13-22-10-18(11-22)29-14-22;1-2/h2-6,9,12,18H,7-8,10-11,13-14H2,1H3,(H,23,27);1-2H3. The van der Waals surface area contributed by atoms with Gasteiger partial charge in [-0.25, -0.2) is 9.50 Å². The number of pyridine rings is 1. The molecule has 0 unspecified atom stereocenters. The summed E-state index contributed by atoms with van der Waals surface area (Å²) in [6, 6.07) is 12.2. The number of hydrogen-bond acceptors (Lipinski definition) is 5. The largest absolute Gasteiger partial charge is 0.492 e. The zero-order chi connectivity index (χ0) is 21.8. The maximum Gasteiger partial charge on any atom is 0.291 e. The van der Waals surface area contributed by atoms with Gasteiger partial charge in [0.05, 0.1) is 25.5 Å². The molecule has 1 aromatic carbocycles. The number of fused-ring (bicyclic) bond motifs is 2. The van der Waals surface area contributed by atoms with Crippen LogP contribution >= 0.6 is 0 Å². The highest BCUT2D eigenvalue weighted by molar-refractivity contribution is 5.91. The monoisotopic (exact) mass is 422 g/mol. The van der Waals surface area contributed by atoms with Gasteiger partial charge in [-0.2, -0.15) is 0 Å². The van der Waals surface area contributed by atoms with Crippen LogP contribution in [0.1, 0.15) is 48.4 Å². The van der Waals surface area contributed by atoms with Crippen molar-refractivity contribution < 1.29 is 14.3 Å². The molecule has 2 bridgehead atoms. The number of ether oxygens (including phenoxy) is 2. The number of carbonyl (C=O) groups is 1. The third-order valence-electron chi connectivity index (χ3n) is 5.87. The van der Waals surface area contributed by atoms with E-state index in [1.165, 1.54) is 5.56 Å². The molecule has 4 heterocycles. The molecule has 2 aliphatic heterocycles. The highest BCUT2D eigenvalue weighted by atomic mass is 16.5. The SMILES string of the molecule is CC.Cc1cc(OCCc2ccccc2)cn2nc(C(=O)NCC34COC(C3)C4)nc12. The fraction of sp³-hybridized carbons (Fsp3) is 0.458. The van der Waals surface area contributed by atoms with Crippen LogP contribution in [0.25, 0.3) is 5.65 Å². The van der Waals surface area contributed by atoms with Crippen molar-refractivity contribution in [3.63, 3.8) is 0 Å². The summed E-state index contributed by atoms with van der Waals surface area (Å²) in [5, 5.41) is 7.34. The number of hydrogen-bond donors (Lipinski definition) is 1. The van der Waals surface area contributed by atoms with Gasteiger partial charge in [0, 0.05) is 18.4 Å². The van der Waals surface area contributed by atoms with Gasteiger partial charge in [-0.3, -0.25) is 4.79 Å². The molecule has 1 amide bonds. The van der Waals surface area contributed by atoms with Crippen molar-refractivity contribution in [1.29, 1.82) is 0 Å². The molecule has 2 saturated heterocycles. The van der Waals surface area contributed by atoms with Crippen LogP contribution in [0.5, 0.6) is 5.75 Å². The third-order valence-corrected chi connectivity index (χ3v) is 5.87. The van der Waals surface area contributed by atoms with Gasteiger partial charge in [0.1, 0.15) is 5.75 Å². The molecular weight excluding hydrogens is 392 g/mol. The van der Waals surface area contributed by atoms with Gasteiger partial charge in [0.15, 0.2) is 5.65 Å². The minimum Gasteiger partial charge on any atom is -0.492 e. The van der Waals surface area contributed by atoms with Gasteiger partial charge in [-0.1, -0.05) is 44.2 Å². The Labute approximate surface area is 182 Å². The maximum atomic E-state index is 12.5. The number of amides is 1. The average Bonchev–Trinajstić information content (AvgIpc) is 3.49. The Morgan fingerprint density at radius 2 is 2.06 bits per heavy atom. The molecule has 2 aromatic heterocycles. The average molecular weight is 423 g/mol. The van der Waals surface area contributed by atoms with Gasteiger partial charge in [0.2, 0.25) is 5.82 Å². The first kappa shape index (κ1) is 21.3. The Hall–Kier alpha value is -2.93. The molecule has 3 fully saturated rings. The smallest absolute Gasteiger partial charge is 0.291 e. The van der Waals surface area contributed by atoms with Crippen LogP contribution in [0.15, 0.2) is 42.6 Å². The topological polar surface area (TPSA) is 77.8 Å². The summed E-state index contributed by atoms with van der Waals surface area (Å²) in [5.74, 6) is 0.649. The molecule has 3 aliphatic rings. The Bertz CT molecular complexity index is 1040. The first-order valence-electron chi connectivity index (χ1n) is 11.0. The van der Waals surface area contributed by atoms with Crippen LogP contribution in [0.2, 0.25) is 0 Å². The second kappa shape index (κ2) is 9.06. The van der Waals surface area contributed by atoms with E-state index in [0.717, 1.165) is 31.4 Å². The predicted molar refractivity (Wildman–Crippen MR) is 118 cm³/mol. The zero-order valence-electron chi connectivity index (χ0n) is 18.4. The summed E-state index contributed by atoms with van der Waals surface area (Å²) in [5.41, 5.74) is 2.93. The van der Waals surface area contributed by atoms with Crippen LogP contribution in [0.3, 0.4) is 0 Å². The molecule has 0 atom stereocenters. The van der Waals surface area contributed by atoms with E-state index in [9.17, 15) is 4.79 Å². The van der Waals surface area contributed by atoms with Crippen molar-refractivity contribution in [2.24, 2.45) is 5.41 Å². The third kappa shape index (κ3) is 4.56. The fourth-order valence-electron chi connectivity index (χ4n) is 4.20.